The maximum Gasteiger partial charge on any atom is 0.325 e. The van der Waals surface area contributed by atoms with E-state index in [0.717, 1.165) is 41.7 Å². The number of nitrogens with zero attached hydrogens (tertiary/aromatic N) is 3. The molecule has 1 aromatic heterocycles. The number of benzene rings is 1. The second-order valence-electron chi connectivity index (χ2n) is 10.5. The van der Waals surface area contributed by atoms with Crippen molar-refractivity contribution in [3.8, 4) is 0 Å². The molecule has 1 saturated heterocycles. The Kier molecular flexibility index (Phi) is 8.46. The van der Waals surface area contributed by atoms with Gasteiger partial charge in [0.1, 0.15) is 11.9 Å². The number of para-hydroxylation sites is 1. The van der Waals surface area contributed by atoms with Crippen molar-refractivity contribution >= 4 is 29.4 Å². The number of nitrogens with one attached hydrogen (secondary N) is 1. The SMILES string of the molecule is CCC[C@@H](NC(=O)N1C(=O)[C@H](Cc2cc(N)ncc2C)[C@H]1C(=O)N(C)c1ccccc1)C1CCCCC1. The lowest BCUT2D eigenvalue weighted by Crippen LogP contribution is -2.71. The number of amides is 4. The smallest absolute Gasteiger partial charge is 0.325 e. The number of urea groups is 1. The third-order valence-corrected chi connectivity index (χ3v) is 7.96. The molecule has 4 amide bonds. The highest BCUT2D eigenvalue weighted by atomic mass is 16.2. The zero-order valence-electron chi connectivity index (χ0n) is 22.2. The van der Waals surface area contributed by atoms with Crippen LogP contribution in [-0.4, -0.2) is 46.9 Å². The van der Waals surface area contributed by atoms with Gasteiger partial charge in [-0.3, -0.25) is 14.5 Å². The molecule has 0 radical (unpaired) electrons. The second kappa shape index (κ2) is 11.8. The molecule has 1 aliphatic carbocycles. The first-order valence-corrected chi connectivity index (χ1v) is 13.5. The van der Waals surface area contributed by atoms with Crippen LogP contribution in [0.2, 0.25) is 0 Å². The van der Waals surface area contributed by atoms with Crippen molar-refractivity contribution in [1.29, 1.82) is 0 Å². The molecule has 2 heterocycles. The second-order valence-corrected chi connectivity index (χ2v) is 10.5. The standard InChI is InChI=1S/C29H39N5O3/c1-4-11-24(20-12-7-5-8-13-20)32-29(37)34-26(28(36)33(3)22-14-9-6-10-15-22)23(27(34)35)16-21-17-25(30)31-18-19(21)2/h6,9-10,14-15,17-18,20,23-24,26H,4-5,7-8,11-13,16H2,1-3H3,(H2,30,31)(H,32,37)/t23-,24-,26+/m1/s1. The minimum atomic E-state index is -0.889. The number of likely N-dealkylation sites (N-methyl/N-ethyl adjacent to an activating group) is 1. The Balaban J connectivity index is 1.59. The molecule has 8 nitrogen and oxygen atoms in total. The van der Waals surface area contributed by atoms with E-state index >= 15 is 0 Å². The van der Waals surface area contributed by atoms with Gasteiger partial charge in [-0.05, 0) is 67.9 Å². The van der Waals surface area contributed by atoms with E-state index < -0.39 is 18.0 Å². The fourth-order valence-electron chi connectivity index (χ4n) is 5.78. The summed E-state index contributed by atoms with van der Waals surface area (Å²) >= 11 is 0. The topological polar surface area (TPSA) is 109 Å². The molecule has 0 bridgehead atoms. The highest BCUT2D eigenvalue weighted by Crippen LogP contribution is 2.34. The number of anilines is 2. The minimum Gasteiger partial charge on any atom is -0.384 e. The highest BCUT2D eigenvalue weighted by Gasteiger charge is 2.55. The average molecular weight is 506 g/mol. The number of likely N-dealkylation sites (tertiary alicyclic amines) is 1. The molecule has 2 aromatic rings. The molecule has 2 fully saturated rings. The van der Waals surface area contributed by atoms with Crippen molar-refractivity contribution in [2.24, 2.45) is 11.8 Å². The van der Waals surface area contributed by atoms with Crippen molar-refractivity contribution in [2.75, 3.05) is 17.7 Å². The van der Waals surface area contributed by atoms with Gasteiger partial charge in [0.25, 0.3) is 5.91 Å². The van der Waals surface area contributed by atoms with Gasteiger partial charge in [0, 0.05) is 25.0 Å². The van der Waals surface area contributed by atoms with Crippen molar-refractivity contribution in [3.05, 3.63) is 53.7 Å². The maximum atomic E-state index is 13.8. The first-order chi connectivity index (χ1) is 17.8. The van der Waals surface area contributed by atoms with E-state index in [4.69, 9.17) is 5.73 Å². The largest absolute Gasteiger partial charge is 0.384 e. The van der Waals surface area contributed by atoms with Gasteiger partial charge < -0.3 is 16.0 Å². The van der Waals surface area contributed by atoms with Crippen LogP contribution in [0.25, 0.3) is 0 Å². The van der Waals surface area contributed by atoms with Crippen molar-refractivity contribution in [3.63, 3.8) is 0 Å². The molecule has 1 saturated carbocycles. The number of aromatic nitrogens is 1. The Morgan fingerprint density at radius 3 is 2.57 bits per heavy atom. The fraction of sp³-hybridized carbons (Fsp3) is 0.517. The summed E-state index contributed by atoms with van der Waals surface area (Å²) in [4.78, 5) is 47.6. The van der Waals surface area contributed by atoms with E-state index in [2.05, 4.69) is 17.2 Å². The Labute approximate surface area is 219 Å². The minimum absolute atomic E-state index is 0.00879. The van der Waals surface area contributed by atoms with Crippen molar-refractivity contribution < 1.29 is 14.4 Å². The number of imide groups is 1. The average Bonchev–Trinajstić information content (AvgIpc) is 2.91. The number of hydrogen-bond donors (Lipinski definition) is 2. The molecular formula is C29H39N5O3. The normalized spacial score (nSPS) is 20.7. The van der Waals surface area contributed by atoms with Crippen LogP contribution in [0.15, 0.2) is 42.6 Å². The number of β-lactam (4-membered cyclic amide) rings is 1. The number of pyridine rings is 1. The van der Waals surface area contributed by atoms with Crippen LogP contribution in [-0.2, 0) is 16.0 Å². The summed E-state index contributed by atoms with van der Waals surface area (Å²) in [6.07, 6.45) is 9.54. The molecule has 1 aromatic carbocycles. The quantitative estimate of drug-likeness (QED) is 0.515. The van der Waals surface area contributed by atoms with E-state index in [1.54, 1.807) is 19.3 Å². The fourth-order valence-corrected chi connectivity index (χ4v) is 5.78. The molecule has 8 heteroatoms. The predicted octanol–water partition coefficient (Wildman–Crippen LogP) is 4.46. The maximum absolute atomic E-state index is 13.8. The zero-order valence-corrected chi connectivity index (χ0v) is 22.2. The first kappa shape index (κ1) is 26.6. The number of nitrogens with two attached hydrogens (primary N) is 1. The molecule has 4 rings (SSSR count). The van der Waals surface area contributed by atoms with Crippen LogP contribution in [0, 0.1) is 18.8 Å². The molecule has 1 aliphatic heterocycles. The summed E-state index contributed by atoms with van der Waals surface area (Å²) in [6, 6.07) is 9.68. The van der Waals surface area contributed by atoms with Crippen molar-refractivity contribution in [2.45, 2.75) is 77.3 Å². The van der Waals surface area contributed by atoms with Gasteiger partial charge in [-0.15, -0.1) is 0 Å². The summed E-state index contributed by atoms with van der Waals surface area (Å²) in [5.41, 5.74) is 8.36. The monoisotopic (exact) mass is 505 g/mol. The van der Waals surface area contributed by atoms with Crippen LogP contribution < -0.4 is 16.0 Å². The molecule has 0 spiro atoms. The van der Waals surface area contributed by atoms with Crippen LogP contribution in [0.4, 0.5) is 16.3 Å². The lowest BCUT2D eigenvalue weighted by atomic mass is 9.80. The van der Waals surface area contributed by atoms with Gasteiger partial charge in [0.2, 0.25) is 5.91 Å². The summed E-state index contributed by atoms with van der Waals surface area (Å²) in [5.74, 6) is -0.486. The highest BCUT2D eigenvalue weighted by molar-refractivity contribution is 6.12. The van der Waals surface area contributed by atoms with Crippen molar-refractivity contribution in [1.82, 2.24) is 15.2 Å². The Morgan fingerprint density at radius 1 is 1.19 bits per heavy atom. The molecule has 3 atom stereocenters. The number of aryl methyl sites for hydroxylation is 1. The number of rotatable bonds is 8. The lowest BCUT2D eigenvalue weighted by molar-refractivity contribution is -0.156. The van der Waals surface area contributed by atoms with Gasteiger partial charge in [0.15, 0.2) is 0 Å². The number of hydrogen-bond acceptors (Lipinski definition) is 5. The third-order valence-electron chi connectivity index (χ3n) is 7.96. The predicted molar refractivity (Wildman–Crippen MR) is 145 cm³/mol. The van der Waals surface area contributed by atoms with E-state index in [1.807, 2.05) is 37.3 Å². The summed E-state index contributed by atoms with van der Waals surface area (Å²) in [7, 11) is 1.69. The summed E-state index contributed by atoms with van der Waals surface area (Å²) < 4.78 is 0. The van der Waals surface area contributed by atoms with E-state index in [1.165, 1.54) is 24.2 Å². The van der Waals surface area contributed by atoms with Crippen LogP contribution in [0.3, 0.4) is 0 Å². The lowest BCUT2D eigenvalue weighted by Gasteiger charge is -2.46. The van der Waals surface area contributed by atoms with Gasteiger partial charge in [0.05, 0.1) is 5.92 Å². The molecular weight excluding hydrogens is 466 g/mol. The van der Waals surface area contributed by atoms with Gasteiger partial charge in [-0.25, -0.2) is 9.78 Å². The van der Waals surface area contributed by atoms with E-state index in [-0.39, 0.29) is 17.9 Å². The third kappa shape index (κ3) is 5.78. The first-order valence-electron chi connectivity index (χ1n) is 13.5. The van der Waals surface area contributed by atoms with Gasteiger partial charge >= 0.3 is 6.03 Å². The number of nitrogen functional groups attached to an aromatic ring is 1. The van der Waals surface area contributed by atoms with E-state index in [9.17, 15) is 14.4 Å². The molecule has 0 unspecified atom stereocenters. The van der Waals surface area contributed by atoms with Gasteiger partial charge in [-0.2, -0.15) is 0 Å². The molecule has 37 heavy (non-hydrogen) atoms. The van der Waals surface area contributed by atoms with Crippen LogP contribution >= 0.6 is 0 Å². The van der Waals surface area contributed by atoms with Crippen LogP contribution in [0.5, 0.6) is 0 Å². The Bertz CT molecular complexity index is 1120. The number of carbonyl (C=O) groups excluding carboxylic acids is 3. The molecule has 2 aliphatic rings. The molecule has 198 valence electrons. The number of carbonyl (C=O) groups is 3. The zero-order chi connectivity index (χ0) is 26.5. The summed E-state index contributed by atoms with van der Waals surface area (Å²) in [5, 5.41) is 3.15. The van der Waals surface area contributed by atoms with Gasteiger partial charge in [-0.1, -0.05) is 50.8 Å². The van der Waals surface area contributed by atoms with E-state index in [0.29, 0.717) is 23.8 Å². The van der Waals surface area contributed by atoms with Crippen LogP contribution in [0.1, 0.15) is 63.0 Å². The molecule has 3 N–H and O–H groups in total. The summed E-state index contributed by atoms with van der Waals surface area (Å²) in [6.45, 7) is 4.01. The Morgan fingerprint density at radius 2 is 1.89 bits per heavy atom. The Hall–Kier alpha value is -3.42.